The molecule has 0 aliphatic carbocycles. The van der Waals surface area contributed by atoms with E-state index in [-0.39, 0.29) is 0 Å². The maximum atomic E-state index is 5.76. The molecule has 2 aliphatic heterocycles. The zero-order valence-corrected chi connectivity index (χ0v) is 11.0. The number of nitrogens with two attached hydrogens (primary N) is 1. The number of morpholine rings is 2. The van der Waals surface area contributed by atoms with Gasteiger partial charge < -0.3 is 9.47 Å². The van der Waals surface area contributed by atoms with Gasteiger partial charge in [-0.15, -0.1) is 0 Å². The van der Waals surface area contributed by atoms with Gasteiger partial charge in [-0.25, -0.2) is 14.5 Å². The van der Waals surface area contributed by atoms with Crippen LogP contribution in [0.2, 0.25) is 0 Å². The fourth-order valence-corrected chi connectivity index (χ4v) is 5.07. The van der Waals surface area contributed by atoms with Gasteiger partial charge in [-0.2, -0.15) is 0 Å². The molecule has 2 rings (SSSR count). The highest BCUT2D eigenvalue weighted by Gasteiger charge is 2.33. The van der Waals surface area contributed by atoms with E-state index in [1.807, 2.05) is 0 Å². The lowest BCUT2D eigenvalue weighted by Crippen LogP contribution is -2.48. The summed E-state index contributed by atoms with van der Waals surface area (Å²) >= 11 is 5.76. The van der Waals surface area contributed by atoms with Crippen LogP contribution in [0.4, 0.5) is 0 Å². The first-order valence-electron chi connectivity index (χ1n) is 5.51. The van der Waals surface area contributed by atoms with Crippen molar-refractivity contribution in [2.75, 3.05) is 52.6 Å². The first-order chi connectivity index (χ1) is 7.77. The number of nitrogens with one attached hydrogen (secondary N) is 1. The van der Waals surface area contributed by atoms with E-state index in [1.54, 1.807) is 0 Å². The van der Waals surface area contributed by atoms with Gasteiger partial charge in [0.2, 0.25) is 0 Å². The van der Waals surface area contributed by atoms with Crippen molar-refractivity contribution in [2.45, 2.75) is 0 Å². The molecule has 3 N–H and O–H groups in total. The van der Waals surface area contributed by atoms with Crippen molar-refractivity contribution in [1.82, 2.24) is 14.5 Å². The van der Waals surface area contributed by atoms with Gasteiger partial charge in [0.05, 0.1) is 26.4 Å². The second-order valence-electron chi connectivity index (χ2n) is 3.81. The van der Waals surface area contributed by atoms with Gasteiger partial charge in [-0.05, 0) is 11.8 Å². The van der Waals surface area contributed by atoms with Gasteiger partial charge in [0.1, 0.15) is 0 Å². The number of hydrazine groups is 1. The van der Waals surface area contributed by atoms with Crippen LogP contribution < -0.4 is 11.0 Å². The maximum absolute atomic E-state index is 5.76. The third-order valence-corrected chi connectivity index (χ3v) is 7.28. The van der Waals surface area contributed by atoms with E-state index in [0.29, 0.717) is 0 Å². The van der Waals surface area contributed by atoms with Crippen LogP contribution in [0.5, 0.6) is 0 Å². The van der Waals surface area contributed by atoms with Crippen molar-refractivity contribution in [2.24, 2.45) is 5.84 Å². The second-order valence-corrected chi connectivity index (χ2v) is 7.81. The van der Waals surface area contributed by atoms with Crippen LogP contribution >= 0.6 is 6.49 Å². The van der Waals surface area contributed by atoms with E-state index in [1.165, 1.54) is 0 Å². The molecule has 0 radical (unpaired) electrons. The smallest absolute Gasteiger partial charge is 0.156 e. The summed E-state index contributed by atoms with van der Waals surface area (Å²) in [7, 11) is 0. The summed E-state index contributed by atoms with van der Waals surface area (Å²) in [6.45, 7) is 4.42. The third kappa shape index (κ3) is 2.63. The molecule has 0 atom stereocenters. The fraction of sp³-hybridized carbons (Fsp3) is 1.00. The van der Waals surface area contributed by atoms with E-state index < -0.39 is 6.49 Å². The van der Waals surface area contributed by atoms with E-state index in [0.717, 1.165) is 52.6 Å². The Kier molecular flexibility index (Phi) is 4.69. The van der Waals surface area contributed by atoms with Crippen LogP contribution in [0, 0.1) is 0 Å². The van der Waals surface area contributed by atoms with Gasteiger partial charge >= 0.3 is 0 Å². The predicted molar refractivity (Wildman–Crippen MR) is 66.4 cm³/mol. The Labute approximate surface area is 101 Å². The molecule has 0 bridgehead atoms. The summed E-state index contributed by atoms with van der Waals surface area (Å²) in [6, 6.07) is 0. The van der Waals surface area contributed by atoms with Gasteiger partial charge in [0.15, 0.2) is 6.49 Å². The lowest BCUT2D eigenvalue weighted by Gasteiger charge is -2.44. The average Bonchev–Trinajstić information content (AvgIpc) is 2.40. The molecule has 0 unspecified atom stereocenters. The Bertz CT molecular complexity index is 247. The van der Waals surface area contributed by atoms with Crippen molar-refractivity contribution >= 4 is 18.3 Å². The Hall–Kier alpha value is 0.410. The highest BCUT2D eigenvalue weighted by molar-refractivity contribution is 8.11. The molecule has 0 aromatic heterocycles. The zero-order chi connectivity index (χ0) is 11.4. The van der Waals surface area contributed by atoms with Crippen molar-refractivity contribution in [3.8, 4) is 0 Å². The molecular formula is C8H19N4O2PS. The number of nitrogens with zero attached hydrogens (tertiary/aromatic N) is 2. The molecule has 2 fully saturated rings. The SMILES string of the molecule is NNP(=S)(N1CCOCC1)N1CCOCC1. The minimum atomic E-state index is -1.98. The minimum absolute atomic E-state index is 0.740. The molecule has 0 saturated carbocycles. The quantitative estimate of drug-likeness (QED) is 0.399. The van der Waals surface area contributed by atoms with Crippen LogP contribution in [0.25, 0.3) is 0 Å². The van der Waals surface area contributed by atoms with Crippen LogP contribution in [-0.2, 0) is 21.3 Å². The molecule has 8 heteroatoms. The molecule has 0 spiro atoms. The molecule has 0 aromatic rings. The summed E-state index contributed by atoms with van der Waals surface area (Å²) in [5.41, 5.74) is 0. The monoisotopic (exact) mass is 266 g/mol. The molecule has 2 aliphatic rings. The standard InChI is InChI=1S/C8H19N4O2PS/c9-10-15(16,11-1-5-13-6-2-11)12-3-7-14-8-4-12/h1-9H2,(H,10,16). The molecular weight excluding hydrogens is 247 g/mol. The first kappa shape index (κ1) is 12.9. The summed E-state index contributed by atoms with van der Waals surface area (Å²) in [5, 5.41) is 2.88. The second kappa shape index (κ2) is 5.84. The number of hydrogen-bond donors (Lipinski definition) is 2. The molecule has 6 nitrogen and oxygen atoms in total. The van der Waals surface area contributed by atoms with Crippen molar-refractivity contribution in [3.05, 3.63) is 0 Å². The Morgan fingerprint density at radius 1 is 0.938 bits per heavy atom. The largest absolute Gasteiger partial charge is 0.379 e. The fourth-order valence-electron chi connectivity index (χ4n) is 1.99. The number of ether oxygens (including phenoxy) is 2. The van der Waals surface area contributed by atoms with E-state index >= 15 is 0 Å². The van der Waals surface area contributed by atoms with Gasteiger partial charge in [0, 0.05) is 26.2 Å². The van der Waals surface area contributed by atoms with Crippen molar-refractivity contribution in [3.63, 3.8) is 0 Å². The highest BCUT2D eigenvalue weighted by atomic mass is 32.4. The van der Waals surface area contributed by atoms with Gasteiger partial charge in [0.25, 0.3) is 0 Å². The molecule has 0 amide bonds. The summed E-state index contributed by atoms with van der Waals surface area (Å²) in [4.78, 5) is 0. The number of rotatable bonds is 3. The summed E-state index contributed by atoms with van der Waals surface area (Å²) in [6.07, 6.45) is 0. The van der Waals surface area contributed by atoms with Crippen LogP contribution in [-0.4, -0.2) is 61.9 Å². The van der Waals surface area contributed by atoms with Gasteiger partial charge in [-0.1, -0.05) is 0 Å². The van der Waals surface area contributed by atoms with Crippen LogP contribution in [0.15, 0.2) is 0 Å². The summed E-state index contributed by atoms with van der Waals surface area (Å²) in [5.74, 6) is 5.70. The van der Waals surface area contributed by atoms with Crippen molar-refractivity contribution < 1.29 is 9.47 Å². The number of hydrogen-bond acceptors (Lipinski definition) is 4. The molecule has 16 heavy (non-hydrogen) atoms. The maximum Gasteiger partial charge on any atom is 0.156 e. The minimum Gasteiger partial charge on any atom is -0.379 e. The summed E-state index contributed by atoms with van der Waals surface area (Å²) < 4.78 is 15.2. The Morgan fingerprint density at radius 2 is 1.31 bits per heavy atom. The Balaban J connectivity index is 2.06. The normalized spacial score (nSPS) is 25.8. The topological polar surface area (TPSA) is 63.0 Å². The van der Waals surface area contributed by atoms with Crippen LogP contribution in [0.1, 0.15) is 0 Å². The third-order valence-electron chi connectivity index (χ3n) is 2.91. The molecule has 0 aromatic carbocycles. The predicted octanol–water partition coefficient (Wildman–Crippen LogP) is -0.661. The molecule has 94 valence electrons. The average molecular weight is 266 g/mol. The lowest BCUT2D eigenvalue weighted by atomic mass is 10.5. The highest BCUT2D eigenvalue weighted by Crippen LogP contribution is 2.48. The van der Waals surface area contributed by atoms with Crippen molar-refractivity contribution in [1.29, 1.82) is 0 Å². The van der Waals surface area contributed by atoms with E-state index in [2.05, 4.69) is 14.5 Å². The van der Waals surface area contributed by atoms with Crippen LogP contribution in [0.3, 0.4) is 0 Å². The lowest BCUT2D eigenvalue weighted by molar-refractivity contribution is 0.0569. The Morgan fingerprint density at radius 3 is 1.62 bits per heavy atom. The van der Waals surface area contributed by atoms with E-state index in [4.69, 9.17) is 27.1 Å². The van der Waals surface area contributed by atoms with E-state index in [9.17, 15) is 0 Å². The van der Waals surface area contributed by atoms with Gasteiger partial charge in [-0.3, -0.25) is 5.84 Å². The first-order valence-corrected chi connectivity index (χ1v) is 8.22. The molecule has 2 heterocycles. The zero-order valence-electron chi connectivity index (χ0n) is 9.30. The molecule has 2 saturated heterocycles.